The second kappa shape index (κ2) is 6.05. The molecule has 0 saturated carbocycles. The lowest BCUT2D eigenvalue weighted by Crippen LogP contribution is -2.51. The summed E-state index contributed by atoms with van der Waals surface area (Å²) in [7, 11) is 1.83. The highest BCUT2D eigenvalue weighted by Crippen LogP contribution is 2.35. The summed E-state index contributed by atoms with van der Waals surface area (Å²) in [6.45, 7) is 3.54. The van der Waals surface area contributed by atoms with E-state index in [0.717, 1.165) is 45.0 Å². The Labute approximate surface area is 129 Å². The van der Waals surface area contributed by atoms with Crippen LogP contribution in [-0.2, 0) is 11.3 Å². The molecule has 0 radical (unpaired) electrons. The number of likely N-dealkylation sites (tertiary alicyclic amines) is 1. The highest BCUT2D eigenvalue weighted by molar-refractivity contribution is 7.07. The Morgan fingerprint density at radius 3 is 3.19 bits per heavy atom. The van der Waals surface area contributed by atoms with Gasteiger partial charge in [-0.3, -0.25) is 9.79 Å². The van der Waals surface area contributed by atoms with Crippen molar-refractivity contribution in [2.45, 2.75) is 25.8 Å². The molecule has 5 nitrogen and oxygen atoms in total. The van der Waals surface area contributed by atoms with E-state index in [1.54, 1.807) is 11.3 Å². The van der Waals surface area contributed by atoms with Crippen molar-refractivity contribution in [3.8, 4) is 0 Å². The van der Waals surface area contributed by atoms with Crippen molar-refractivity contribution in [1.82, 2.24) is 15.5 Å². The maximum absolute atomic E-state index is 11.6. The van der Waals surface area contributed by atoms with Crippen molar-refractivity contribution in [2.75, 3.05) is 26.7 Å². The molecule has 2 N–H and O–H groups in total. The Balaban J connectivity index is 1.62. The number of rotatable bonds is 2. The maximum Gasteiger partial charge on any atom is 0.220 e. The van der Waals surface area contributed by atoms with Crippen LogP contribution in [0.5, 0.6) is 0 Å². The Kier molecular flexibility index (Phi) is 4.14. The molecule has 21 heavy (non-hydrogen) atoms. The maximum atomic E-state index is 11.6. The third-order valence-electron chi connectivity index (χ3n) is 4.40. The second-order valence-corrected chi connectivity index (χ2v) is 6.79. The third kappa shape index (κ3) is 3.20. The number of hydrogen-bond donors (Lipinski definition) is 2. The molecule has 0 bridgehead atoms. The van der Waals surface area contributed by atoms with Gasteiger partial charge in [0.05, 0.1) is 0 Å². The molecule has 1 atom stereocenters. The third-order valence-corrected chi connectivity index (χ3v) is 5.13. The zero-order chi connectivity index (χ0) is 14.7. The van der Waals surface area contributed by atoms with Crippen LogP contribution in [0.4, 0.5) is 0 Å². The monoisotopic (exact) mass is 306 g/mol. The first-order valence-electron chi connectivity index (χ1n) is 7.44. The zero-order valence-corrected chi connectivity index (χ0v) is 13.2. The molecular formula is C15H22N4OS. The van der Waals surface area contributed by atoms with Crippen LogP contribution in [0.3, 0.4) is 0 Å². The first-order chi connectivity index (χ1) is 10.2. The first-order valence-corrected chi connectivity index (χ1v) is 8.38. The van der Waals surface area contributed by atoms with E-state index in [2.05, 4.69) is 37.4 Å². The van der Waals surface area contributed by atoms with E-state index in [0.29, 0.717) is 6.42 Å². The lowest BCUT2D eigenvalue weighted by molar-refractivity contribution is -0.119. The summed E-state index contributed by atoms with van der Waals surface area (Å²) in [6.07, 6.45) is 2.91. The van der Waals surface area contributed by atoms with Gasteiger partial charge in [0.25, 0.3) is 0 Å². The molecule has 0 aromatic carbocycles. The standard InChI is InChI=1S/C15H22N4OS/c1-16-14(17-8-12-3-6-21-9-12)19-5-2-4-15(11-19)7-13(20)18-10-15/h3,6,9H,2,4-5,7-8,10-11H2,1H3,(H,16,17)(H,18,20). The Morgan fingerprint density at radius 1 is 1.62 bits per heavy atom. The highest BCUT2D eigenvalue weighted by atomic mass is 32.1. The van der Waals surface area contributed by atoms with Gasteiger partial charge in [0.2, 0.25) is 5.91 Å². The van der Waals surface area contributed by atoms with Gasteiger partial charge in [-0.05, 0) is 35.2 Å². The van der Waals surface area contributed by atoms with Gasteiger partial charge in [-0.15, -0.1) is 0 Å². The molecule has 2 fully saturated rings. The molecule has 2 saturated heterocycles. The second-order valence-electron chi connectivity index (χ2n) is 6.01. The van der Waals surface area contributed by atoms with Gasteiger partial charge >= 0.3 is 0 Å². The van der Waals surface area contributed by atoms with E-state index in [-0.39, 0.29) is 11.3 Å². The SMILES string of the molecule is CN=C(NCc1ccsc1)N1CCCC2(CNC(=O)C2)C1. The minimum atomic E-state index is 0.106. The van der Waals surface area contributed by atoms with E-state index in [1.165, 1.54) is 5.56 Å². The number of carbonyl (C=O) groups excluding carboxylic acids is 1. The molecule has 1 unspecified atom stereocenters. The fourth-order valence-electron chi connectivity index (χ4n) is 3.34. The van der Waals surface area contributed by atoms with Crippen LogP contribution in [0, 0.1) is 5.41 Å². The van der Waals surface area contributed by atoms with Crippen LogP contribution in [0.2, 0.25) is 0 Å². The lowest BCUT2D eigenvalue weighted by Gasteiger charge is -2.40. The van der Waals surface area contributed by atoms with Crippen molar-refractivity contribution >= 4 is 23.2 Å². The number of carbonyl (C=O) groups is 1. The summed E-state index contributed by atoms with van der Waals surface area (Å²) in [5.74, 6) is 1.14. The van der Waals surface area contributed by atoms with Gasteiger partial charge in [0.15, 0.2) is 5.96 Å². The minimum absolute atomic E-state index is 0.106. The highest BCUT2D eigenvalue weighted by Gasteiger charge is 2.42. The fraction of sp³-hybridized carbons (Fsp3) is 0.600. The largest absolute Gasteiger partial charge is 0.355 e. The number of piperidine rings is 1. The van der Waals surface area contributed by atoms with Gasteiger partial charge < -0.3 is 15.5 Å². The van der Waals surface area contributed by atoms with Crippen LogP contribution in [-0.4, -0.2) is 43.4 Å². The topological polar surface area (TPSA) is 56.7 Å². The summed E-state index contributed by atoms with van der Waals surface area (Å²) in [4.78, 5) is 18.3. The molecule has 1 aromatic heterocycles. The average Bonchev–Trinajstić information content (AvgIpc) is 3.11. The molecule has 3 rings (SSSR count). The summed E-state index contributed by atoms with van der Waals surface area (Å²) in [6, 6.07) is 2.13. The summed E-state index contributed by atoms with van der Waals surface area (Å²) in [5, 5.41) is 10.7. The van der Waals surface area contributed by atoms with Crippen LogP contribution < -0.4 is 10.6 Å². The van der Waals surface area contributed by atoms with Crippen LogP contribution in [0.1, 0.15) is 24.8 Å². The van der Waals surface area contributed by atoms with Gasteiger partial charge in [0, 0.05) is 45.1 Å². The zero-order valence-electron chi connectivity index (χ0n) is 12.4. The van der Waals surface area contributed by atoms with E-state index in [1.807, 2.05) is 7.05 Å². The molecule has 2 aliphatic heterocycles. The molecule has 1 amide bonds. The molecular weight excluding hydrogens is 284 g/mol. The van der Waals surface area contributed by atoms with Crippen molar-refractivity contribution in [1.29, 1.82) is 0 Å². The van der Waals surface area contributed by atoms with Crippen molar-refractivity contribution in [3.05, 3.63) is 22.4 Å². The van der Waals surface area contributed by atoms with Crippen molar-refractivity contribution in [3.63, 3.8) is 0 Å². The number of thiophene rings is 1. The molecule has 1 aromatic rings. The van der Waals surface area contributed by atoms with E-state index in [4.69, 9.17) is 0 Å². The molecule has 114 valence electrons. The average molecular weight is 306 g/mol. The van der Waals surface area contributed by atoms with E-state index < -0.39 is 0 Å². The van der Waals surface area contributed by atoms with Crippen LogP contribution >= 0.6 is 11.3 Å². The van der Waals surface area contributed by atoms with Crippen molar-refractivity contribution in [2.24, 2.45) is 10.4 Å². The van der Waals surface area contributed by atoms with Crippen LogP contribution in [0.25, 0.3) is 0 Å². The number of nitrogens with zero attached hydrogens (tertiary/aromatic N) is 2. The van der Waals surface area contributed by atoms with Crippen LogP contribution in [0.15, 0.2) is 21.8 Å². The predicted molar refractivity (Wildman–Crippen MR) is 85.4 cm³/mol. The van der Waals surface area contributed by atoms with Crippen molar-refractivity contribution < 1.29 is 4.79 Å². The van der Waals surface area contributed by atoms with Gasteiger partial charge in [-0.25, -0.2) is 0 Å². The number of amides is 1. The quantitative estimate of drug-likeness (QED) is 0.642. The molecule has 3 heterocycles. The van der Waals surface area contributed by atoms with Gasteiger partial charge in [-0.1, -0.05) is 0 Å². The Morgan fingerprint density at radius 2 is 2.52 bits per heavy atom. The smallest absolute Gasteiger partial charge is 0.220 e. The summed E-state index contributed by atoms with van der Waals surface area (Å²) >= 11 is 1.71. The number of nitrogens with one attached hydrogen (secondary N) is 2. The molecule has 2 aliphatic rings. The Bertz CT molecular complexity index is 528. The number of guanidine groups is 1. The number of aliphatic imine (C=N–C) groups is 1. The van der Waals surface area contributed by atoms with E-state index in [9.17, 15) is 4.79 Å². The summed E-state index contributed by atoms with van der Waals surface area (Å²) < 4.78 is 0. The first kappa shape index (κ1) is 14.4. The van der Waals surface area contributed by atoms with Gasteiger partial charge in [0.1, 0.15) is 0 Å². The molecule has 1 spiro atoms. The fourth-order valence-corrected chi connectivity index (χ4v) is 4.00. The number of hydrogen-bond acceptors (Lipinski definition) is 3. The predicted octanol–water partition coefficient (Wildman–Crippen LogP) is 1.43. The molecule has 0 aliphatic carbocycles. The Hall–Kier alpha value is -1.56. The van der Waals surface area contributed by atoms with Gasteiger partial charge in [-0.2, -0.15) is 11.3 Å². The lowest BCUT2D eigenvalue weighted by atomic mass is 9.79. The normalized spacial score (nSPS) is 26.2. The minimum Gasteiger partial charge on any atom is -0.355 e. The van der Waals surface area contributed by atoms with E-state index >= 15 is 0 Å². The summed E-state index contributed by atoms with van der Waals surface area (Å²) in [5.41, 5.74) is 1.39. The molecule has 6 heteroatoms.